The molecule has 0 aromatic heterocycles. The zero-order chi connectivity index (χ0) is 18.7. The first-order valence-corrected chi connectivity index (χ1v) is 9.40. The molecule has 0 saturated heterocycles. The third-order valence-electron chi connectivity index (χ3n) is 4.92. The van der Waals surface area contributed by atoms with Crippen LogP contribution < -0.4 is 9.95 Å². The zero-order valence-electron chi connectivity index (χ0n) is 15.1. The van der Waals surface area contributed by atoms with Crippen LogP contribution in [-0.4, -0.2) is 13.1 Å². The van der Waals surface area contributed by atoms with Crippen molar-refractivity contribution in [1.82, 2.24) is 4.65 Å². The number of nitrogens with zero attached hydrogens (tertiary/aromatic N) is 1. The van der Waals surface area contributed by atoms with Gasteiger partial charge in [0, 0.05) is 23.0 Å². The second kappa shape index (κ2) is 7.67. The van der Waals surface area contributed by atoms with E-state index in [-0.39, 0.29) is 10.5 Å². The lowest BCUT2D eigenvalue weighted by molar-refractivity contribution is 0.410. The maximum atomic E-state index is 14.6. The highest BCUT2D eigenvalue weighted by Crippen LogP contribution is 2.34. The Morgan fingerprint density at radius 3 is 2.00 bits per heavy atom. The molecule has 0 bridgehead atoms. The second-order valence-corrected chi connectivity index (χ2v) is 6.95. The van der Waals surface area contributed by atoms with Crippen molar-refractivity contribution in [2.45, 2.75) is 13.8 Å². The van der Waals surface area contributed by atoms with E-state index in [0.29, 0.717) is 24.0 Å². The van der Waals surface area contributed by atoms with Gasteiger partial charge in [-0.2, -0.15) is 0 Å². The average Bonchev–Trinajstić information content (AvgIpc) is 2.69. The van der Waals surface area contributed by atoms with Crippen molar-refractivity contribution in [3.63, 3.8) is 0 Å². The highest BCUT2D eigenvalue weighted by molar-refractivity contribution is 7.27. The monoisotopic (exact) mass is 367 g/mol. The molecule has 0 saturated carbocycles. The van der Waals surface area contributed by atoms with Gasteiger partial charge < -0.3 is 9.85 Å². The van der Waals surface area contributed by atoms with Crippen LogP contribution in [0.25, 0.3) is 22.3 Å². The van der Waals surface area contributed by atoms with E-state index in [1.165, 1.54) is 0 Å². The van der Waals surface area contributed by atoms with Crippen LogP contribution in [0, 0.1) is 11.0 Å². The number of benzene rings is 3. The summed E-state index contributed by atoms with van der Waals surface area (Å²) in [4.78, 5) is 0. The summed E-state index contributed by atoms with van der Waals surface area (Å²) in [5.74, 6) is -0.228. The molecule has 0 aliphatic carbocycles. The molecule has 3 aromatic carbocycles. The lowest BCUT2D eigenvalue weighted by atomic mass is 9.94. The predicted molar refractivity (Wildman–Crippen MR) is 113 cm³/mol. The van der Waals surface area contributed by atoms with E-state index in [1.807, 2.05) is 68.4 Å². The summed E-state index contributed by atoms with van der Waals surface area (Å²) in [6.07, 6.45) is 0. The Bertz CT molecular complexity index is 904. The fourth-order valence-corrected chi connectivity index (χ4v) is 3.50. The van der Waals surface area contributed by atoms with Gasteiger partial charge in [-0.25, -0.2) is 4.39 Å². The number of hydroxylamine groups is 2. The molecule has 0 amide bonds. The first-order chi connectivity index (χ1) is 12.5. The molecule has 0 N–H and O–H groups in total. The van der Waals surface area contributed by atoms with E-state index < -0.39 is 0 Å². The molecule has 0 spiro atoms. The summed E-state index contributed by atoms with van der Waals surface area (Å²) in [5, 5.41) is 13.3. The Balaban J connectivity index is 2.08. The van der Waals surface area contributed by atoms with E-state index in [9.17, 15) is 9.60 Å². The summed E-state index contributed by atoms with van der Waals surface area (Å²) >= 11 is 0. The Kier molecular flexibility index (Phi) is 5.52. The Morgan fingerprint density at radius 1 is 0.808 bits per heavy atom. The zero-order valence-corrected chi connectivity index (χ0v) is 16.2. The third-order valence-corrected chi connectivity index (χ3v) is 5.36. The highest BCUT2D eigenvalue weighted by atomic mass is 31.0. The van der Waals surface area contributed by atoms with E-state index in [2.05, 4.69) is 9.24 Å². The predicted octanol–water partition coefficient (Wildman–Crippen LogP) is 5.51. The maximum absolute atomic E-state index is 14.6. The van der Waals surface area contributed by atoms with Crippen molar-refractivity contribution in [3.8, 4) is 22.3 Å². The Morgan fingerprint density at radius 2 is 1.38 bits per heavy atom. The van der Waals surface area contributed by atoms with Gasteiger partial charge in [-0.15, -0.1) is 9.24 Å². The van der Waals surface area contributed by atoms with Crippen LogP contribution >= 0.6 is 9.24 Å². The molecule has 0 heterocycles. The van der Waals surface area contributed by atoms with Crippen LogP contribution in [0.1, 0.15) is 13.8 Å². The van der Waals surface area contributed by atoms with E-state index >= 15 is 0 Å². The average molecular weight is 367 g/mol. The molecule has 4 heteroatoms. The molecule has 26 heavy (non-hydrogen) atoms. The second-order valence-electron chi connectivity index (χ2n) is 6.32. The summed E-state index contributed by atoms with van der Waals surface area (Å²) in [6.45, 7) is 4.80. The lowest BCUT2D eigenvalue weighted by Gasteiger charge is -2.40. The highest BCUT2D eigenvalue weighted by Gasteiger charge is 2.17. The van der Waals surface area contributed by atoms with Gasteiger partial charge in [0.15, 0.2) is 0 Å². The van der Waals surface area contributed by atoms with Gasteiger partial charge in [0.2, 0.25) is 0 Å². The van der Waals surface area contributed by atoms with E-state index in [1.54, 1.807) is 12.1 Å². The minimum Gasteiger partial charge on any atom is -0.627 e. The summed E-state index contributed by atoms with van der Waals surface area (Å²) in [6, 6.07) is 20.8. The molecule has 3 rings (SSSR count). The number of rotatable bonds is 5. The molecule has 0 fully saturated rings. The third kappa shape index (κ3) is 3.43. The number of halogens is 1. The standard InChI is InChI=1S/C22H23FNOP/c1-3-24(25,4-2)17-14-12-16(13-15-17)18-8-5-6-9-19(18)20-10-7-11-21(26)22(20)23/h5-15H,3-4,26H2,1-2H3. The molecular formula is C22H23FNOP. The van der Waals surface area contributed by atoms with Gasteiger partial charge in [0.05, 0.1) is 13.1 Å². The van der Waals surface area contributed by atoms with E-state index in [0.717, 1.165) is 22.4 Å². The SMILES string of the molecule is CC[N+]([O-])(CC)c1ccc(-c2ccccc2-c2cccc(P)c2F)cc1. The minimum absolute atomic E-state index is 0.228. The molecule has 1 unspecified atom stereocenters. The topological polar surface area (TPSA) is 23.1 Å². The van der Waals surface area contributed by atoms with Crippen LogP contribution in [0.2, 0.25) is 0 Å². The number of hydrogen-bond donors (Lipinski definition) is 0. The van der Waals surface area contributed by atoms with Crippen molar-refractivity contribution < 1.29 is 4.39 Å². The lowest BCUT2D eigenvalue weighted by Crippen LogP contribution is -2.42. The first-order valence-electron chi connectivity index (χ1n) is 8.82. The molecule has 0 aliphatic heterocycles. The van der Waals surface area contributed by atoms with Gasteiger partial charge in [0.25, 0.3) is 0 Å². The Hall–Kier alpha value is -2.06. The van der Waals surface area contributed by atoms with Gasteiger partial charge in [-0.1, -0.05) is 42.5 Å². The molecule has 0 aliphatic rings. The molecule has 2 nitrogen and oxygen atoms in total. The first kappa shape index (κ1) is 18.7. The smallest absolute Gasteiger partial charge is 0.138 e. The van der Waals surface area contributed by atoms with Crippen LogP contribution in [0.5, 0.6) is 0 Å². The number of hydrogen-bond acceptors (Lipinski definition) is 1. The summed E-state index contributed by atoms with van der Waals surface area (Å²) in [5.41, 5.74) is 4.08. The fourth-order valence-electron chi connectivity index (χ4n) is 3.23. The van der Waals surface area contributed by atoms with E-state index in [4.69, 9.17) is 0 Å². The summed E-state index contributed by atoms with van der Waals surface area (Å²) in [7, 11) is 2.43. The quantitative estimate of drug-likeness (QED) is 0.331. The fraction of sp³-hybridized carbons (Fsp3) is 0.182. The Labute approximate surface area is 156 Å². The normalized spacial score (nSPS) is 11.6. The van der Waals surface area contributed by atoms with Gasteiger partial charge in [-0.05, 0) is 42.7 Å². The van der Waals surface area contributed by atoms with Gasteiger partial charge >= 0.3 is 0 Å². The summed E-state index contributed by atoms with van der Waals surface area (Å²) < 4.78 is 14.3. The van der Waals surface area contributed by atoms with Crippen LogP contribution in [0.4, 0.5) is 10.1 Å². The largest absolute Gasteiger partial charge is 0.627 e. The van der Waals surface area contributed by atoms with Crippen molar-refractivity contribution in [1.29, 1.82) is 0 Å². The molecule has 3 aromatic rings. The minimum atomic E-state index is -0.342. The van der Waals surface area contributed by atoms with Crippen molar-refractivity contribution in [2.24, 2.45) is 0 Å². The van der Waals surface area contributed by atoms with Crippen molar-refractivity contribution >= 4 is 20.2 Å². The van der Waals surface area contributed by atoms with Gasteiger partial charge in [0.1, 0.15) is 11.5 Å². The molecule has 134 valence electrons. The van der Waals surface area contributed by atoms with Gasteiger partial charge in [-0.3, -0.25) is 0 Å². The van der Waals surface area contributed by atoms with Crippen LogP contribution in [0.15, 0.2) is 66.7 Å². The van der Waals surface area contributed by atoms with Crippen LogP contribution in [0.3, 0.4) is 0 Å². The van der Waals surface area contributed by atoms with Crippen LogP contribution in [-0.2, 0) is 0 Å². The van der Waals surface area contributed by atoms with Crippen molar-refractivity contribution in [2.75, 3.05) is 13.1 Å². The molecular weight excluding hydrogens is 344 g/mol. The van der Waals surface area contributed by atoms with Crippen molar-refractivity contribution in [3.05, 3.63) is 77.8 Å². The molecule has 0 radical (unpaired) electrons. The number of quaternary nitrogens is 1. The maximum Gasteiger partial charge on any atom is 0.138 e. The molecule has 1 atom stereocenters.